The fourth-order valence-electron chi connectivity index (χ4n) is 4.30. The maximum atomic E-state index is 13.5. The van der Waals surface area contributed by atoms with Crippen LogP contribution in [-0.4, -0.2) is 28.0 Å². The first kappa shape index (κ1) is 28.4. The van der Waals surface area contributed by atoms with Crippen molar-refractivity contribution in [2.75, 3.05) is 10.6 Å². The molecule has 3 amide bonds. The number of hydrogen-bond acceptors (Lipinski definition) is 4. The van der Waals surface area contributed by atoms with E-state index in [1.165, 1.54) is 11.8 Å². The lowest BCUT2D eigenvalue weighted by atomic mass is 10.1. The number of aromatic nitrogens is 1. The van der Waals surface area contributed by atoms with E-state index in [1.54, 1.807) is 48.7 Å². The van der Waals surface area contributed by atoms with Crippen molar-refractivity contribution in [2.45, 2.75) is 24.0 Å². The molecule has 7 nitrogen and oxygen atoms in total. The number of hydrogen-bond donors (Lipinski definition) is 4. The van der Waals surface area contributed by atoms with Crippen LogP contribution in [0.2, 0.25) is 0 Å². The molecule has 1 unspecified atom stereocenters. The molecule has 8 heteroatoms. The predicted molar refractivity (Wildman–Crippen MR) is 170 cm³/mol. The summed E-state index contributed by atoms with van der Waals surface area (Å²) in [4.78, 5) is 43.3. The summed E-state index contributed by atoms with van der Waals surface area (Å²) in [5.41, 5.74) is 4.61. The van der Waals surface area contributed by atoms with Crippen LogP contribution in [0.5, 0.6) is 0 Å². The zero-order valence-electron chi connectivity index (χ0n) is 23.2. The van der Waals surface area contributed by atoms with Crippen LogP contribution in [0.3, 0.4) is 0 Å². The van der Waals surface area contributed by atoms with Gasteiger partial charge >= 0.3 is 0 Å². The highest BCUT2D eigenvalue weighted by atomic mass is 32.2. The maximum Gasteiger partial charge on any atom is 0.272 e. The highest BCUT2D eigenvalue weighted by Gasteiger charge is 2.18. The molecule has 0 spiro atoms. The van der Waals surface area contributed by atoms with E-state index in [4.69, 9.17) is 0 Å². The number of para-hydroxylation sites is 1. The molecule has 1 heterocycles. The number of fused-ring (bicyclic) bond motifs is 1. The van der Waals surface area contributed by atoms with Crippen LogP contribution in [0.25, 0.3) is 17.0 Å². The van der Waals surface area contributed by atoms with Gasteiger partial charge in [0.2, 0.25) is 5.91 Å². The molecule has 4 aromatic carbocycles. The van der Waals surface area contributed by atoms with E-state index in [-0.39, 0.29) is 16.9 Å². The highest BCUT2D eigenvalue weighted by Crippen LogP contribution is 2.27. The Kier molecular flexibility index (Phi) is 8.84. The molecule has 1 atom stereocenters. The molecular formula is C34H30N4O3S. The summed E-state index contributed by atoms with van der Waals surface area (Å²) in [5, 5.41) is 9.17. The van der Waals surface area contributed by atoms with E-state index in [0.29, 0.717) is 11.3 Å². The van der Waals surface area contributed by atoms with Crippen LogP contribution in [0.15, 0.2) is 120 Å². The molecule has 5 aromatic rings. The maximum absolute atomic E-state index is 13.5. The average molecular weight is 575 g/mol. The molecular weight excluding hydrogens is 544 g/mol. The van der Waals surface area contributed by atoms with Crippen molar-refractivity contribution in [3.8, 4) is 0 Å². The Morgan fingerprint density at radius 2 is 1.55 bits per heavy atom. The Morgan fingerprint density at radius 3 is 2.33 bits per heavy atom. The predicted octanol–water partition coefficient (Wildman–Crippen LogP) is 7.01. The minimum Gasteiger partial charge on any atom is -0.361 e. The Bertz CT molecular complexity index is 1760. The van der Waals surface area contributed by atoms with Crippen molar-refractivity contribution < 1.29 is 14.4 Å². The second-order valence-corrected chi connectivity index (χ2v) is 11.2. The third-order valence-electron chi connectivity index (χ3n) is 6.54. The Labute approximate surface area is 248 Å². The van der Waals surface area contributed by atoms with Crippen molar-refractivity contribution in [1.29, 1.82) is 0 Å². The highest BCUT2D eigenvalue weighted by molar-refractivity contribution is 8.00. The number of nitrogens with one attached hydrogen (secondary N) is 4. The quantitative estimate of drug-likeness (QED) is 0.112. The molecule has 1 aromatic heterocycles. The number of benzene rings is 4. The van der Waals surface area contributed by atoms with Crippen molar-refractivity contribution in [1.82, 2.24) is 10.3 Å². The number of carbonyl (C=O) groups excluding carboxylic acids is 3. The van der Waals surface area contributed by atoms with Gasteiger partial charge in [-0.1, -0.05) is 60.2 Å². The van der Waals surface area contributed by atoms with Crippen LogP contribution in [-0.2, 0) is 9.59 Å². The summed E-state index contributed by atoms with van der Waals surface area (Å²) in [7, 11) is 0. The van der Waals surface area contributed by atoms with E-state index in [9.17, 15) is 14.4 Å². The van der Waals surface area contributed by atoms with Crippen molar-refractivity contribution in [2.24, 2.45) is 0 Å². The SMILES string of the molecule is Cc1ccc(NC(=O)C(C)Sc2cccc(NC(=O)/C(=C/c3c[nH]c4ccccc34)NC(=O)c3ccccc3)c2)cc1. The molecule has 0 saturated heterocycles. The van der Waals surface area contributed by atoms with Crippen molar-refractivity contribution in [3.63, 3.8) is 0 Å². The molecule has 0 aliphatic rings. The molecule has 4 N–H and O–H groups in total. The number of H-pyrrole nitrogens is 1. The zero-order chi connectivity index (χ0) is 29.5. The molecule has 42 heavy (non-hydrogen) atoms. The lowest BCUT2D eigenvalue weighted by Crippen LogP contribution is -2.30. The number of aromatic amines is 1. The standard InChI is InChI=1S/C34H30N4O3S/c1-22-15-17-26(18-16-22)36-32(39)23(2)42-28-12-8-11-27(20-28)37-34(41)31(38-33(40)24-9-4-3-5-10-24)19-25-21-35-30-14-7-6-13-29(25)30/h3-21,23,35H,1-2H3,(H,36,39)(H,37,41)(H,38,40)/b31-19-. The molecule has 0 saturated carbocycles. The average Bonchev–Trinajstić information content (AvgIpc) is 3.41. The summed E-state index contributed by atoms with van der Waals surface area (Å²) < 4.78 is 0. The number of carbonyl (C=O) groups is 3. The first-order valence-electron chi connectivity index (χ1n) is 13.5. The van der Waals surface area contributed by atoms with Crippen molar-refractivity contribution >= 4 is 57.8 Å². The normalized spacial score (nSPS) is 12.0. The third kappa shape index (κ3) is 7.16. The van der Waals surface area contributed by atoms with Gasteiger partial charge in [0.25, 0.3) is 11.8 Å². The number of amides is 3. The largest absolute Gasteiger partial charge is 0.361 e. The van der Waals surface area contributed by atoms with Crippen LogP contribution in [0.1, 0.15) is 28.4 Å². The molecule has 0 aliphatic carbocycles. The van der Waals surface area contributed by atoms with Gasteiger partial charge in [-0.15, -0.1) is 11.8 Å². The van der Waals surface area contributed by atoms with E-state index in [2.05, 4.69) is 20.9 Å². The van der Waals surface area contributed by atoms with Crippen molar-refractivity contribution in [3.05, 3.63) is 132 Å². The van der Waals surface area contributed by atoms with Gasteiger partial charge in [0.05, 0.1) is 5.25 Å². The second kappa shape index (κ2) is 13.1. The topological polar surface area (TPSA) is 103 Å². The van der Waals surface area contributed by atoms with Gasteiger partial charge in [-0.25, -0.2) is 0 Å². The molecule has 0 radical (unpaired) electrons. The van der Waals surface area contributed by atoms with Crippen LogP contribution < -0.4 is 16.0 Å². The smallest absolute Gasteiger partial charge is 0.272 e. The fourth-order valence-corrected chi connectivity index (χ4v) is 5.22. The molecule has 210 valence electrons. The van der Waals surface area contributed by atoms with Gasteiger partial charge in [-0.05, 0) is 68.5 Å². The Morgan fingerprint density at radius 1 is 0.810 bits per heavy atom. The van der Waals surface area contributed by atoms with Crippen LogP contribution in [0.4, 0.5) is 11.4 Å². The Hall–Kier alpha value is -5.08. The number of rotatable bonds is 9. The fraction of sp³-hybridized carbons (Fsp3) is 0.0882. The molecule has 5 rings (SSSR count). The molecule has 0 fully saturated rings. The summed E-state index contributed by atoms with van der Waals surface area (Å²) in [6.07, 6.45) is 3.46. The van der Waals surface area contributed by atoms with Gasteiger partial charge in [0, 0.05) is 44.5 Å². The molecule has 0 bridgehead atoms. The van der Waals surface area contributed by atoms with Gasteiger partial charge in [0.15, 0.2) is 0 Å². The van der Waals surface area contributed by atoms with E-state index in [1.807, 2.05) is 80.6 Å². The first-order valence-corrected chi connectivity index (χ1v) is 14.3. The number of anilines is 2. The lowest BCUT2D eigenvalue weighted by Gasteiger charge is -2.14. The van der Waals surface area contributed by atoms with E-state index >= 15 is 0 Å². The first-order chi connectivity index (χ1) is 20.4. The summed E-state index contributed by atoms with van der Waals surface area (Å²) >= 11 is 1.39. The minimum atomic E-state index is -0.475. The van der Waals surface area contributed by atoms with Crippen LogP contribution >= 0.6 is 11.8 Å². The van der Waals surface area contributed by atoms with Gasteiger partial charge in [-0.3, -0.25) is 14.4 Å². The zero-order valence-corrected chi connectivity index (χ0v) is 24.0. The summed E-state index contributed by atoms with van der Waals surface area (Å²) in [6.45, 7) is 3.83. The monoisotopic (exact) mass is 574 g/mol. The second-order valence-electron chi connectivity index (χ2n) is 9.77. The van der Waals surface area contributed by atoms with E-state index < -0.39 is 11.8 Å². The number of thioether (sulfide) groups is 1. The van der Waals surface area contributed by atoms with Gasteiger partial charge in [0.1, 0.15) is 5.70 Å². The lowest BCUT2D eigenvalue weighted by molar-refractivity contribution is -0.115. The number of aryl methyl sites for hydroxylation is 1. The van der Waals surface area contributed by atoms with Crippen LogP contribution in [0, 0.1) is 6.92 Å². The van der Waals surface area contributed by atoms with Gasteiger partial charge in [-0.2, -0.15) is 0 Å². The van der Waals surface area contributed by atoms with Gasteiger partial charge < -0.3 is 20.9 Å². The third-order valence-corrected chi connectivity index (χ3v) is 7.64. The molecule has 0 aliphatic heterocycles. The Balaban J connectivity index is 1.33. The minimum absolute atomic E-state index is 0.0949. The summed E-state index contributed by atoms with van der Waals surface area (Å²) in [5.74, 6) is -0.989. The summed E-state index contributed by atoms with van der Waals surface area (Å²) in [6, 6.07) is 31.4. The van der Waals surface area contributed by atoms with E-state index in [0.717, 1.165) is 32.6 Å².